The quantitative estimate of drug-likeness (QED) is 0.764. The molecular weight excluding hydrogens is 250 g/mol. The van der Waals surface area contributed by atoms with E-state index in [9.17, 15) is 0 Å². The number of benzene rings is 1. The molecular formula is C15H19N5. The van der Waals surface area contributed by atoms with Gasteiger partial charge in [0.15, 0.2) is 5.65 Å². The van der Waals surface area contributed by atoms with E-state index in [1.165, 1.54) is 11.1 Å². The highest BCUT2D eigenvalue weighted by atomic mass is 15.3. The zero-order valence-electron chi connectivity index (χ0n) is 11.8. The molecule has 5 heteroatoms. The minimum absolute atomic E-state index is 0.610. The summed E-state index contributed by atoms with van der Waals surface area (Å²) >= 11 is 0. The largest absolute Gasteiger partial charge is 0.383 e. The standard InChI is InChI=1S/C15H19N5/c1-3-4-12-13-14(16)17-18-15(13)20(19-12)9-11-7-5-10(2)6-8-11/h5-8H,3-4,9H2,1-2H3,(H3,16,17,18). The Hall–Kier alpha value is -2.30. The third-order valence-electron chi connectivity index (χ3n) is 3.49. The summed E-state index contributed by atoms with van der Waals surface area (Å²) in [5.41, 5.74) is 10.3. The molecule has 5 nitrogen and oxygen atoms in total. The number of nitrogens with zero attached hydrogens (tertiary/aromatic N) is 3. The van der Waals surface area contributed by atoms with Crippen LogP contribution < -0.4 is 5.73 Å². The Morgan fingerprint density at radius 3 is 2.70 bits per heavy atom. The van der Waals surface area contributed by atoms with Crippen LogP contribution >= 0.6 is 0 Å². The van der Waals surface area contributed by atoms with Gasteiger partial charge >= 0.3 is 0 Å². The SMILES string of the molecule is CCCc1nn(Cc2ccc(C)cc2)c2n[nH]c(N)c12. The Bertz CT molecular complexity index is 721. The lowest BCUT2D eigenvalue weighted by atomic mass is 10.1. The van der Waals surface area contributed by atoms with Crippen LogP contribution in [0.3, 0.4) is 0 Å². The molecule has 0 amide bonds. The number of fused-ring (bicyclic) bond motifs is 1. The van der Waals surface area contributed by atoms with Crippen molar-refractivity contribution in [3.8, 4) is 0 Å². The van der Waals surface area contributed by atoms with Gasteiger partial charge in [-0.15, -0.1) is 0 Å². The number of aromatic amines is 1. The molecule has 3 aromatic rings. The number of aryl methyl sites for hydroxylation is 2. The fraction of sp³-hybridized carbons (Fsp3) is 0.333. The third-order valence-corrected chi connectivity index (χ3v) is 3.49. The molecule has 20 heavy (non-hydrogen) atoms. The van der Waals surface area contributed by atoms with Crippen molar-refractivity contribution >= 4 is 16.9 Å². The molecule has 0 aliphatic heterocycles. The Kier molecular flexibility index (Phi) is 3.18. The summed E-state index contributed by atoms with van der Waals surface area (Å²) in [5, 5.41) is 12.8. The molecule has 2 aromatic heterocycles. The Morgan fingerprint density at radius 1 is 1.25 bits per heavy atom. The molecule has 0 aliphatic rings. The number of nitrogen functional groups attached to an aromatic ring is 1. The average molecular weight is 269 g/mol. The third kappa shape index (κ3) is 2.15. The predicted molar refractivity (Wildman–Crippen MR) is 80.6 cm³/mol. The lowest BCUT2D eigenvalue weighted by molar-refractivity contribution is 0.678. The molecule has 0 aliphatic carbocycles. The maximum atomic E-state index is 5.96. The van der Waals surface area contributed by atoms with Gasteiger partial charge in [0.25, 0.3) is 0 Å². The summed E-state index contributed by atoms with van der Waals surface area (Å²) in [6, 6.07) is 8.47. The van der Waals surface area contributed by atoms with Crippen LogP contribution in [0.15, 0.2) is 24.3 Å². The minimum atomic E-state index is 0.610. The zero-order chi connectivity index (χ0) is 14.1. The molecule has 0 bridgehead atoms. The molecule has 0 spiro atoms. The molecule has 104 valence electrons. The lowest BCUT2D eigenvalue weighted by Crippen LogP contribution is -2.03. The summed E-state index contributed by atoms with van der Waals surface area (Å²) in [5.74, 6) is 0.610. The van der Waals surface area contributed by atoms with Gasteiger partial charge in [0, 0.05) is 0 Å². The molecule has 0 saturated heterocycles. The minimum Gasteiger partial charge on any atom is -0.383 e. The van der Waals surface area contributed by atoms with E-state index in [1.807, 2.05) is 4.68 Å². The number of H-pyrrole nitrogens is 1. The van der Waals surface area contributed by atoms with Crippen LogP contribution in [0.5, 0.6) is 0 Å². The van der Waals surface area contributed by atoms with E-state index < -0.39 is 0 Å². The number of nitrogens with one attached hydrogen (secondary N) is 1. The van der Waals surface area contributed by atoms with Crippen LogP contribution in [0.1, 0.15) is 30.2 Å². The van der Waals surface area contributed by atoms with Crippen LogP contribution in [-0.4, -0.2) is 20.0 Å². The van der Waals surface area contributed by atoms with Crippen LogP contribution in [0, 0.1) is 6.92 Å². The smallest absolute Gasteiger partial charge is 0.182 e. The first kappa shape index (κ1) is 12.7. The van der Waals surface area contributed by atoms with Crippen molar-refractivity contribution in [1.29, 1.82) is 0 Å². The number of hydrogen-bond donors (Lipinski definition) is 2. The zero-order valence-corrected chi connectivity index (χ0v) is 11.8. The summed E-state index contributed by atoms with van der Waals surface area (Å²) in [6.07, 6.45) is 1.96. The summed E-state index contributed by atoms with van der Waals surface area (Å²) in [4.78, 5) is 0. The van der Waals surface area contributed by atoms with E-state index >= 15 is 0 Å². The van der Waals surface area contributed by atoms with Crippen LogP contribution in [0.2, 0.25) is 0 Å². The van der Waals surface area contributed by atoms with Gasteiger partial charge in [0.05, 0.1) is 17.6 Å². The van der Waals surface area contributed by atoms with Crippen molar-refractivity contribution < 1.29 is 0 Å². The van der Waals surface area contributed by atoms with Gasteiger partial charge < -0.3 is 5.73 Å². The second kappa shape index (κ2) is 5.00. The number of hydrogen-bond acceptors (Lipinski definition) is 3. The number of aromatic nitrogens is 4. The van der Waals surface area contributed by atoms with Crippen molar-refractivity contribution in [2.45, 2.75) is 33.2 Å². The highest BCUT2D eigenvalue weighted by Crippen LogP contribution is 2.24. The first-order chi connectivity index (χ1) is 9.69. The van der Waals surface area contributed by atoms with Crippen molar-refractivity contribution in [2.24, 2.45) is 0 Å². The van der Waals surface area contributed by atoms with Gasteiger partial charge in [-0.25, -0.2) is 4.68 Å². The molecule has 0 fully saturated rings. The molecule has 2 heterocycles. The highest BCUT2D eigenvalue weighted by molar-refractivity contribution is 5.89. The van der Waals surface area contributed by atoms with E-state index in [2.05, 4.69) is 53.4 Å². The second-order valence-electron chi connectivity index (χ2n) is 5.18. The van der Waals surface area contributed by atoms with Crippen molar-refractivity contribution in [1.82, 2.24) is 20.0 Å². The topological polar surface area (TPSA) is 72.5 Å². The monoisotopic (exact) mass is 269 g/mol. The molecule has 0 radical (unpaired) electrons. The molecule has 3 N–H and O–H groups in total. The van der Waals surface area contributed by atoms with Gasteiger partial charge in [-0.05, 0) is 18.9 Å². The van der Waals surface area contributed by atoms with Crippen molar-refractivity contribution in [2.75, 3.05) is 5.73 Å². The van der Waals surface area contributed by atoms with Crippen molar-refractivity contribution in [3.05, 3.63) is 41.1 Å². The van der Waals surface area contributed by atoms with Crippen LogP contribution in [-0.2, 0) is 13.0 Å². The lowest BCUT2D eigenvalue weighted by Gasteiger charge is -2.03. The fourth-order valence-corrected chi connectivity index (χ4v) is 2.45. The van der Waals surface area contributed by atoms with Gasteiger partial charge in [-0.1, -0.05) is 43.2 Å². The second-order valence-corrected chi connectivity index (χ2v) is 5.18. The molecule has 3 rings (SSSR count). The maximum absolute atomic E-state index is 5.96. The van der Waals surface area contributed by atoms with E-state index in [0.717, 1.165) is 29.6 Å². The van der Waals surface area contributed by atoms with E-state index in [4.69, 9.17) is 5.73 Å². The molecule has 0 atom stereocenters. The Balaban J connectivity index is 2.01. The van der Waals surface area contributed by atoms with E-state index in [1.54, 1.807) is 0 Å². The molecule has 0 saturated carbocycles. The number of nitrogens with two attached hydrogens (primary N) is 1. The number of rotatable bonds is 4. The summed E-state index contributed by atoms with van der Waals surface area (Å²) in [6.45, 7) is 4.94. The normalized spacial score (nSPS) is 11.3. The van der Waals surface area contributed by atoms with Gasteiger partial charge in [0.1, 0.15) is 5.82 Å². The van der Waals surface area contributed by atoms with Crippen LogP contribution in [0.25, 0.3) is 11.0 Å². The summed E-state index contributed by atoms with van der Waals surface area (Å²) < 4.78 is 1.93. The van der Waals surface area contributed by atoms with E-state index in [-0.39, 0.29) is 0 Å². The first-order valence-corrected chi connectivity index (χ1v) is 6.93. The maximum Gasteiger partial charge on any atom is 0.182 e. The van der Waals surface area contributed by atoms with Crippen molar-refractivity contribution in [3.63, 3.8) is 0 Å². The predicted octanol–water partition coefficient (Wildman–Crippen LogP) is 2.65. The fourth-order valence-electron chi connectivity index (χ4n) is 2.45. The molecule has 1 aromatic carbocycles. The van der Waals surface area contributed by atoms with E-state index in [0.29, 0.717) is 12.4 Å². The number of anilines is 1. The Morgan fingerprint density at radius 2 is 2.00 bits per heavy atom. The first-order valence-electron chi connectivity index (χ1n) is 6.93. The highest BCUT2D eigenvalue weighted by Gasteiger charge is 2.15. The Labute approximate surface area is 117 Å². The van der Waals surface area contributed by atoms with Gasteiger partial charge in [-0.3, -0.25) is 5.10 Å². The molecule has 0 unspecified atom stereocenters. The van der Waals surface area contributed by atoms with Crippen LogP contribution in [0.4, 0.5) is 5.82 Å². The summed E-state index contributed by atoms with van der Waals surface area (Å²) in [7, 11) is 0. The van der Waals surface area contributed by atoms with Gasteiger partial charge in [-0.2, -0.15) is 10.2 Å². The van der Waals surface area contributed by atoms with Gasteiger partial charge in [0.2, 0.25) is 0 Å². The average Bonchev–Trinajstić information content (AvgIpc) is 2.96.